The van der Waals surface area contributed by atoms with Crippen LogP contribution in [0.1, 0.15) is 78.1 Å². The van der Waals surface area contributed by atoms with Gasteiger partial charge in [-0.25, -0.2) is 0 Å². The summed E-state index contributed by atoms with van der Waals surface area (Å²) in [4.78, 5) is 0. The summed E-state index contributed by atoms with van der Waals surface area (Å²) in [5.74, 6) is 3.85. The van der Waals surface area contributed by atoms with E-state index in [0.29, 0.717) is 10.8 Å². The van der Waals surface area contributed by atoms with Gasteiger partial charge in [-0.3, -0.25) is 0 Å². The minimum Gasteiger partial charge on any atom is -0.393 e. The first-order chi connectivity index (χ1) is 9.53. The summed E-state index contributed by atoms with van der Waals surface area (Å²) in [5.41, 5.74) is 1.25. The molecule has 0 heterocycles. The van der Waals surface area contributed by atoms with Gasteiger partial charge in [0.1, 0.15) is 0 Å². The van der Waals surface area contributed by atoms with Gasteiger partial charge in [0, 0.05) is 0 Å². The Morgan fingerprint density at radius 1 is 0.850 bits per heavy atom. The van der Waals surface area contributed by atoms with E-state index in [2.05, 4.69) is 13.8 Å². The SMILES string of the molecule is C[C@]12CCC[C@@H]1[C@H]1CC[C@H]3C[C@H](O)CC[C@]3(C)[C@@H]1CC2. The van der Waals surface area contributed by atoms with E-state index in [1.54, 1.807) is 0 Å². The fourth-order valence-corrected chi connectivity index (χ4v) is 7.23. The fraction of sp³-hybridized carbons (Fsp3) is 1.00. The standard InChI is InChI=1S/C19H32O/c1-18-9-3-4-16(18)15-6-5-13-12-14(20)7-11-19(13,2)17(15)8-10-18/h13-17,20H,3-12H2,1-2H3/t13-,14+,15+,16+,17+,18+,19-/m0/s1. The molecule has 114 valence electrons. The van der Waals surface area contributed by atoms with E-state index < -0.39 is 0 Å². The van der Waals surface area contributed by atoms with E-state index in [4.69, 9.17) is 0 Å². The molecule has 4 fully saturated rings. The van der Waals surface area contributed by atoms with E-state index in [1.807, 2.05) is 0 Å². The number of rotatable bonds is 0. The molecular formula is C19H32O. The Bertz CT molecular complexity index is 391. The van der Waals surface area contributed by atoms with Gasteiger partial charge < -0.3 is 5.11 Å². The largest absolute Gasteiger partial charge is 0.393 e. The van der Waals surface area contributed by atoms with Crippen LogP contribution in [0.2, 0.25) is 0 Å². The van der Waals surface area contributed by atoms with Gasteiger partial charge in [-0.2, -0.15) is 0 Å². The molecule has 4 aliphatic rings. The topological polar surface area (TPSA) is 20.2 Å². The fourth-order valence-electron chi connectivity index (χ4n) is 7.23. The van der Waals surface area contributed by atoms with Gasteiger partial charge in [0.2, 0.25) is 0 Å². The second-order valence-electron chi connectivity index (χ2n) is 9.17. The van der Waals surface area contributed by atoms with Crippen molar-refractivity contribution >= 4 is 0 Å². The van der Waals surface area contributed by atoms with Crippen LogP contribution in [0.4, 0.5) is 0 Å². The summed E-state index contributed by atoms with van der Waals surface area (Å²) < 4.78 is 0. The summed E-state index contributed by atoms with van der Waals surface area (Å²) in [5, 5.41) is 10.0. The lowest BCUT2D eigenvalue weighted by molar-refractivity contribution is -0.120. The van der Waals surface area contributed by atoms with Crippen LogP contribution >= 0.6 is 0 Å². The quantitative estimate of drug-likeness (QED) is 0.675. The Labute approximate surface area is 124 Å². The average Bonchev–Trinajstić information content (AvgIpc) is 2.81. The predicted octanol–water partition coefficient (Wildman–Crippen LogP) is 4.78. The highest BCUT2D eigenvalue weighted by Crippen LogP contribution is 2.66. The van der Waals surface area contributed by atoms with E-state index >= 15 is 0 Å². The third kappa shape index (κ3) is 1.77. The summed E-state index contributed by atoms with van der Waals surface area (Å²) >= 11 is 0. The van der Waals surface area contributed by atoms with Crippen LogP contribution in [0.15, 0.2) is 0 Å². The van der Waals surface area contributed by atoms with Crippen molar-refractivity contribution < 1.29 is 5.11 Å². The molecule has 4 saturated carbocycles. The Morgan fingerprint density at radius 2 is 1.70 bits per heavy atom. The predicted molar refractivity (Wildman–Crippen MR) is 82.4 cm³/mol. The van der Waals surface area contributed by atoms with E-state index in [9.17, 15) is 5.11 Å². The van der Waals surface area contributed by atoms with Crippen molar-refractivity contribution in [1.29, 1.82) is 0 Å². The van der Waals surface area contributed by atoms with Crippen molar-refractivity contribution in [3.63, 3.8) is 0 Å². The summed E-state index contributed by atoms with van der Waals surface area (Å²) in [7, 11) is 0. The van der Waals surface area contributed by atoms with E-state index in [1.165, 1.54) is 51.4 Å². The maximum Gasteiger partial charge on any atom is 0.0543 e. The van der Waals surface area contributed by atoms with Crippen LogP contribution in [0, 0.1) is 34.5 Å². The number of aliphatic hydroxyl groups excluding tert-OH is 1. The Kier molecular flexibility index (Phi) is 3.05. The average molecular weight is 276 g/mol. The number of hydrogen-bond donors (Lipinski definition) is 1. The molecule has 0 aromatic carbocycles. The highest BCUT2D eigenvalue weighted by atomic mass is 16.3. The summed E-state index contributed by atoms with van der Waals surface area (Å²) in [6.45, 7) is 5.19. The first-order valence-corrected chi connectivity index (χ1v) is 9.21. The molecule has 0 aliphatic heterocycles. The smallest absolute Gasteiger partial charge is 0.0543 e. The van der Waals surface area contributed by atoms with Crippen molar-refractivity contribution in [2.75, 3.05) is 0 Å². The summed E-state index contributed by atoms with van der Waals surface area (Å²) in [6.07, 6.45) is 13.8. The number of fused-ring (bicyclic) bond motifs is 5. The van der Waals surface area contributed by atoms with Crippen LogP contribution in [0.25, 0.3) is 0 Å². The van der Waals surface area contributed by atoms with Crippen molar-refractivity contribution in [2.45, 2.75) is 84.2 Å². The number of aliphatic hydroxyl groups is 1. The second-order valence-corrected chi connectivity index (χ2v) is 9.17. The maximum atomic E-state index is 10.0. The van der Waals surface area contributed by atoms with Gasteiger partial charge in [-0.1, -0.05) is 20.3 Å². The van der Waals surface area contributed by atoms with Crippen molar-refractivity contribution in [3.05, 3.63) is 0 Å². The molecule has 0 amide bonds. The Balaban J connectivity index is 1.62. The molecule has 1 N–H and O–H groups in total. The molecule has 0 saturated heterocycles. The highest BCUT2D eigenvalue weighted by Gasteiger charge is 2.57. The Morgan fingerprint density at radius 3 is 2.55 bits per heavy atom. The summed E-state index contributed by atoms with van der Waals surface area (Å²) in [6, 6.07) is 0. The zero-order chi connectivity index (χ0) is 14.0. The van der Waals surface area contributed by atoms with Crippen LogP contribution in [-0.4, -0.2) is 11.2 Å². The van der Waals surface area contributed by atoms with Crippen LogP contribution in [0.5, 0.6) is 0 Å². The molecular weight excluding hydrogens is 244 g/mol. The molecule has 4 aliphatic carbocycles. The van der Waals surface area contributed by atoms with Crippen LogP contribution in [0.3, 0.4) is 0 Å². The van der Waals surface area contributed by atoms with Crippen LogP contribution in [-0.2, 0) is 0 Å². The molecule has 0 spiro atoms. The molecule has 20 heavy (non-hydrogen) atoms. The molecule has 0 aromatic heterocycles. The molecule has 1 heteroatoms. The second kappa shape index (κ2) is 4.48. The lowest BCUT2D eigenvalue weighted by atomic mass is 9.45. The van der Waals surface area contributed by atoms with Crippen molar-refractivity contribution in [3.8, 4) is 0 Å². The maximum absolute atomic E-state index is 10.0. The molecule has 0 aromatic rings. The molecule has 0 unspecified atom stereocenters. The molecule has 1 nitrogen and oxygen atoms in total. The Hall–Kier alpha value is -0.0400. The third-order valence-corrected chi connectivity index (χ3v) is 8.42. The van der Waals surface area contributed by atoms with Gasteiger partial charge >= 0.3 is 0 Å². The first-order valence-electron chi connectivity index (χ1n) is 9.21. The molecule has 0 radical (unpaired) electrons. The van der Waals surface area contributed by atoms with Crippen molar-refractivity contribution in [2.24, 2.45) is 34.5 Å². The van der Waals surface area contributed by atoms with E-state index in [-0.39, 0.29) is 6.10 Å². The van der Waals surface area contributed by atoms with Gasteiger partial charge in [0.15, 0.2) is 0 Å². The zero-order valence-corrected chi connectivity index (χ0v) is 13.4. The van der Waals surface area contributed by atoms with E-state index in [0.717, 1.165) is 36.5 Å². The molecule has 7 atom stereocenters. The zero-order valence-electron chi connectivity index (χ0n) is 13.4. The van der Waals surface area contributed by atoms with Gasteiger partial charge in [-0.05, 0) is 92.3 Å². The van der Waals surface area contributed by atoms with Crippen molar-refractivity contribution in [1.82, 2.24) is 0 Å². The first kappa shape index (κ1) is 13.6. The minimum absolute atomic E-state index is 0.00459. The van der Waals surface area contributed by atoms with Gasteiger partial charge in [0.25, 0.3) is 0 Å². The van der Waals surface area contributed by atoms with Gasteiger partial charge in [0.05, 0.1) is 6.10 Å². The lowest BCUT2D eigenvalue weighted by Gasteiger charge is -2.60. The molecule has 4 rings (SSSR count). The monoisotopic (exact) mass is 276 g/mol. The third-order valence-electron chi connectivity index (χ3n) is 8.42. The highest BCUT2D eigenvalue weighted by molar-refractivity contribution is 5.07. The van der Waals surface area contributed by atoms with Crippen LogP contribution < -0.4 is 0 Å². The van der Waals surface area contributed by atoms with Gasteiger partial charge in [-0.15, -0.1) is 0 Å². The molecule has 0 bridgehead atoms. The lowest BCUT2D eigenvalue weighted by Crippen LogP contribution is -2.53. The minimum atomic E-state index is 0.00459. The normalized spacial score (nSPS) is 58.6. The number of hydrogen-bond acceptors (Lipinski definition) is 1.